The average Bonchev–Trinajstić information content (AvgIpc) is 3.45. The van der Waals surface area contributed by atoms with Gasteiger partial charge in [-0.15, -0.1) is 0 Å². The number of rotatable bonds is 10. The molecule has 24 heavy (non-hydrogen) atoms. The maximum atomic E-state index is 12.5. The molecule has 0 N–H and O–H groups in total. The van der Waals surface area contributed by atoms with Crippen LogP contribution in [-0.2, 0) is 29.6 Å². The highest BCUT2D eigenvalue weighted by Crippen LogP contribution is 2.17. The van der Waals surface area contributed by atoms with E-state index in [4.69, 9.17) is 9.47 Å². The van der Waals surface area contributed by atoms with Gasteiger partial charge in [-0.3, -0.25) is 0 Å². The van der Waals surface area contributed by atoms with E-state index in [1.807, 2.05) is 0 Å². The van der Waals surface area contributed by atoms with Gasteiger partial charge in [0, 0.05) is 20.1 Å². The van der Waals surface area contributed by atoms with Gasteiger partial charge >= 0.3 is 17.1 Å². The molecule has 3 rings (SSSR count). The Labute approximate surface area is 139 Å². The molecule has 2 fully saturated rings. The number of hydrogen-bond acceptors (Lipinski definition) is 5. The summed E-state index contributed by atoms with van der Waals surface area (Å²) in [7, 11) is 1.42. The maximum Gasteiger partial charge on any atom is 0.336 e. The van der Waals surface area contributed by atoms with Crippen LogP contribution in [0, 0.1) is 0 Å². The number of epoxide rings is 2. The van der Waals surface area contributed by atoms with Gasteiger partial charge in [0.05, 0.1) is 25.4 Å². The summed E-state index contributed by atoms with van der Waals surface area (Å²) in [6.45, 7) is 2.32. The Bertz CT molecular complexity index is 681. The Morgan fingerprint density at radius 2 is 1.21 bits per heavy atom. The van der Waals surface area contributed by atoms with Crippen LogP contribution in [0.5, 0.6) is 0 Å². The molecule has 0 saturated carbocycles. The van der Waals surface area contributed by atoms with Crippen LogP contribution in [0.15, 0.2) is 14.4 Å². The average molecular weight is 339 g/mol. The van der Waals surface area contributed by atoms with Crippen LogP contribution in [0.3, 0.4) is 0 Å². The van der Waals surface area contributed by atoms with E-state index in [0.29, 0.717) is 25.3 Å². The van der Waals surface area contributed by atoms with Crippen molar-refractivity contribution in [3.63, 3.8) is 0 Å². The molecule has 0 aliphatic carbocycles. The Balaban J connectivity index is 1.65. The first-order valence-corrected chi connectivity index (χ1v) is 8.72. The summed E-state index contributed by atoms with van der Waals surface area (Å²) in [5, 5.41) is 0. The second-order valence-corrected chi connectivity index (χ2v) is 6.61. The van der Waals surface area contributed by atoms with Crippen LogP contribution < -0.4 is 17.1 Å². The molecule has 2 atom stereocenters. The van der Waals surface area contributed by atoms with Crippen molar-refractivity contribution in [2.24, 2.45) is 7.05 Å². The lowest BCUT2D eigenvalue weighted by molar-refractivity contribution is 0.378. The van der Waals surface area contributed by atoms with E-state index in [9.17, 15) is 14.4 Å². The third kappa shape index (κ3) is 4.24. The highest BCUT2D eigenvalue weighted by atomic mass is 16.6. The Morgan fingerprint density at radius 1 is 0.792 bits per heavy atom. The summed E-state index contributed by atoms with van der Waals surface area (Å²) in [5.74, 6) is 0. The fourth-order valence-electron chi connectivity index (χ4n) is 2.89. The summed E-state index contributed by atoms with van der Waals surface area (Å²) >= 11 is 0. The molecule has 0 aromatic carbocycles. The van der Waals surface area contributed by atoms with E-state index in [2.05, 4.69) is 0 Å². The predicted octanol–water partition coefficient (Wildman–Crippen LogP) is -0.153. The molecule has 2 unspecified atom stereocenters. The van der Waals surface area contributed by atoms with Gasteiger partial charge in [0.1, 0.15) is 0 Å². The van der Waals surface area contributed by atoms with Crippen LogP contribution in [0.1, 0.15) is 38.5 Å². The second kappa shape index (κ2) is 7.48. The van der Waals surface area contributed by atoms with E-state index in [1.165, 1.54) is 16.2 Å². The summed E-state index contributed by atoms with van der Waals surface area (Å²) < 4.78 is 13.7. The lowest BCUT2D eigenvalue weighted by Gasteiger charge is -2.11. The fourth-order valence-corrected chi connectivity index (χ4v) is 2.89. The van der Waals surface area contributed by atoms with Crippen molar-refractivity contribution < 1.29 is 9.47 Å². The molecule has 0 spiro atoms. The van der Waals surface area contributed by atoms with Crippen molar-refractivity contribution in [3.8, 4) is 0 Å². The number of hydrogen-bond donors (Lipinski definition) is 0. The van der Waals surface area contributed by atoms with Gasteiger partial charge in [-0.25, -0.2) is 28.1 Å². The van der Waals surface area contributed by atoms with Gasteiger partial charge in [-0.1, -0.05) is 0 Å². The lowest BCUT2D eigenvalue weighted by atomic mass is 10.2. The van der Waals surface area contributed by atoms with Crippen LogP contribution >= 0.6 is 0 Å². The molecule has 2 saturated heterocycles. The second-order valence-electron chi connectivity index (χ2n) is 6.61. The molecule has 1 aromatic heterocycles. The minimum atomic E-state index is -0.532. The largest absolute Gasteiger partial charge is 0.373 e. The summed E-state index contributed by atoms with van der Waals surface area (Å²) in [6.07, 6.45) is 5.89. The standard InChI is InChI=1S/C16H25N3O5/c1-17-14(20)18(8-4-2-6-12-10-23-12)16(22)19(15(17)21)9-5-3-7-13-11-24-13/h12-13H,2-11H2,1H3. The normalized spacial score (nSPS) is 21.9. The first kappa shape index (κ1) is 17.2. The molecular weight excluding hydrogens is 314 g/mol. The van der Waals surface area contributed by atoms with E-state index in [-0.39, 0.29) is 0 Å². The monoisotopic (exact) mass is 339 g/mol. The predicted molar refractivity (Wildman–Crippen MR) is 87.4 cm³/mol. The maximum absolute atomic E-state index is 12.5. The van der Waals surface area contributed by atoms with Crippen molar-refractivity contribution in [2.45, 2.75) is 63.8 Å². The van der Waals surface area contributed by atoms with Crippen molar-refractivity contribution in [2.75, 3.05) is 13.2 Å². The molecule has 8 heteroatoms. The molecule has 0 radical (unpaired) electrons. The minimum absolute atomic E-state index is 0.342. The lowest BCUT2D eigenvalue weighted by Crippen LogP contribution is -2.53. The van der Waals surface area contributed by atoms with E-state index < -0.39 is 17.1 Å². The third-order valence-electron chi connectivity index (χ3n) is 4.62. The summed E-state index contributed by atoms with van der Waals surface area (Å²) in [4.78, 5) is 36.9. The Kier molecular flexibility index (Phi) is 5.35. The minimum Gasteiger partial charge on any atom is -0.373 e. The molecule has 8 nitrogen and oxygen atoms in total. The van der Waals surface area contributed by atoms with Crippen LogP contribution in [0.25, 0.3) is 0 Å². The highest BCUT2D eigenvalue weighted by Gasteiger charge is 2.22. The summed E-state index contributed by atoms with van der Waals surface area (Å²) in [5.41, 5.74) is -1.56. The number of ether oxygens (including phenoxy) is 2. The number of nitrogens with zero attached hydrogens (tertiary/aromatic N) is 3. The Hall–Kier alpha value is -1.67. The van der Waals surface area contributed by atoms with Crippen LogP contribution in [0.2, 0.25) is 0 Å². The van der Waals surface area contributed by atoms with Crippen molar-refractivity contribution in [1.82, 2.24) is 13.7 Å². The van der Waals surface area contributed by atoms with Crippen LogP contribution in [0.4, 0.5) is 0 Å². The van der Waals surface area contributed by atoms with E-state index >= 15 is 0 Å². The first-order valence-electron chi connectivity index (χ1n) is 8.72. The zero-order valence-corrected chi connectivity index (χ0v) is 14.1. The van der Waals surface area contributed by atoms with E-state index in [0.717, 1.165) is 56.3 Å². The quantitative estimate of drug-likeness (QED) is 0.437. The van der Waals surface area contributed by atoms with Gasteiger partial charge in [0.2, 0.25) is 0 Å². The molecule has 0 bridgehead atoms. The molecule has 3 heterocycles. The molecule has 2 aliphatic heterocycles. The molecule has 2 aliphatic rings. The SMILES string of the molecule is Cn1c(=O)n(CCCCC2CO2)c(=O)n(CCCCC2CO2)c1=O. The van der Waals surface area contributed by atoms with Gasteiger partial charge in [0.25, 0.3) is 0 Å². The van der Waals surface area contributed by atoms with Crippen LogP contribution in [-0.4, -0.2) is 39.1 Å². The fraction of sp³-hybridized carbons (Fsp3) is 0.812. The van der Waals surface area contributed by atoms with Gasteiger partial charge in [0.15, 0.2) is 0 Å². The molecule has 0 amide bonds. The zero-order valence-electron chi connectivity index (χ0n) is 14.1. The molecule has 1 aromatic rings. The number of aromatic nitrogens is 3. The molecular formula is C16H25N3O5. The Morgan fingerprint density at radius 3 is 1.58 bits per heavy atom. The highest BCUT2D eigenvalue weighted by molar-refractivity contribution is 4.78. The van der Waals surface area contributed by atoms with Gasteiger partial charge in [-0.2, -0.15) is 0 Å². The summed E-state index contributed by atoms with van der Waals surface area (Å²) in [6, 6.07) is 0. The third-order valence-corrected chi connectivity index (χ3v) is 4.62. The van der Waals surface area contributed by atoms with E-state index in [1.54, 1.807) is 0 Å². The van der Waals surface area contributed by atoms with Gasteiger partial charge < -0.3 is 9.47 Å². The number of unbranched alkanes of at least 4 members (excludes halogenated alkanes) is 2. The van der Waals surface area contributed by atoms with Crippen molar-refractivity contribution in [1.29, 1.82) is 0 Å². The zero-order chi connectivity index (χ0) is 17.1. The molecule has 134 valence electrons. The van der Waals surface area contributed by atoms with Crippen molar-refractivity contribution >= 4 is 0 Å². The van der Waals surface area contributed by atoms with Crippen molar-refractivity contribution in [3.05, 3.63) is 31.5 Å². The topological polar surface area (TPSA) is 91.1 Å². The first-order chi connectivity index (χ1) is 11.6. The smallest absolute Gasteiger partial charge is 0.336 e. The van der Waals surface area contributed by atoms with Gasteiger partial charge in [-0.05, 0) is 38.5 Å².